The summed E-state index contributed by atoms with van der Waals surface area (Å²) in [6.07, 6.45) is 1.27. The molecule has 6 heteroatoms. The fourth-order valence-corrected chi connectivity index (χ4v) is 4.03. The lowest BCUT2D eigenvalue weighted by molar-refractivity contribution is -0.139. The van der Waals surface area contributed by atoms with E-state index in [0.29, 0.717) is 32.5 Å². The Bertz CT molecular complexity index is 647. The molecule has 3 aliphatic rings. The van der Waals surface area contributed by atoms with Crippen molar-refractivity contribution in [1.82, 2.24) is 9.80 Å². The van der Waals surface area contributed by atoms with Crippen LogP contribution >= 0.6 is 0 Å². The first-order chi connectivity index (χ1) is 10.6. The summed E-state index contributed by atoms with van der Waals surface area (Å²) in [6, 6.07) is 6.55. The summed E-state index contributed by atoms with van der Waals surface area (Å²) in [6.45, 7) is 1.80. The maximum absolute atomic E-state index is 12.6. The highest BCUT2D eigenvalue weighted by molar-refractivity contribution is 5.85. The van der Waals surface area contributed by atoms with E-state index in [1.54, 1.807) is 28.0 Å². The zero-order valence-electron chi connectivity index (χ0n) is 12.2. The summed E-state index contributed by atoms with van der Waals surface area (Å²) in [7, 11) is 0. The van der Waals surface area contributed by atoms with Crippen molar-refractivity contribution in [3.63, 3.8) is 0 Å². The van der Waals surface area contributed by atoms with Gasteiger partial charge in [-0.2, -0.15) is 0 Å². The zero-order valence-corrected chi connectivity index (χ0v) is 12.2. The Morgan fingerprint density at radius 2 is 2.27 bits per heavy atom. The Morgan fingerprint density at radius 3 is 3.09 bits per heavy atom. The van der Waals surface area contributed by atoms with E-state index in [1.165, 1.54) is 0 Å². The summed E-state index contributed by atoms with van der Waals surface area (Å²) in [5.74, 6) is 0.222. The van der Waals surface area contributed by atoms with E-state index in [1.807, 2.05) is 6.07 Å². The maximum Gasteiger partial charge on any atom is 0.227 e. The van der Waals surface area contributed by atoms with Crippen LogP contribution in [0.1, 0.15) is 18.4 Å². The predicted molar refractivity (Wildman–Crippen MR) is 76.9 cm³/mol. The quantitative estimate of drug-likeness (QED) is 0.863. The molecule has 3 aliphatic heterocycles. The Balaban J connectivity index is 1.54. The third-order valence-electron chi connectivity index (χ3n) is 4.99. The molecule has 2 amide bonds. The molecule has 1 N–H and O–H groups in total. The first-order valence-electron chi connectivity index (χ1n) is 7.62. The Kier molecular flexibility index (Phi) is 2.91. The monoisotopic (exact) mass is 302 g/mol. The third kappa shape index (κ3) is 1.83. The van der Waals surface area contributed by atoms with Gasteiger partial charge in [0, 0.05) is 19.5 Å². The topological polar surface area (TPSA) is 70.1 Å². The lowest BCUT2D eigenvalue weighted by Crippen LogP contribution is -2.49. The number of benzene rings is 1. The van der Waals surface area contributed by atoms with Crippen molar-refractivity contribution < 1.29 is 19.4 Å². The van der Waals surface area contributed by atoms with Crippen LogP contribution in [0.5, 0.6) is 5.75 Å². The minimum atomic E-state index is -0.578. The molecular weight excluding hydrogens is 284 g/mol. The Labute approximate surface area is 128 Å². The third-order valence-corrected chi connectivity index (χ3v) is 4.99. The molecule has 0 aromatic heterocycles. The van der Waals surface area contributed by atoms with Gasteiger partial charge in [-0.05, 0) is 17.7 Å². The number of nitrogens with zero attached hydrogens (tertiary/aromatic N) is 2. The van der Waals surface area contributed by atoms with Crippen molar-refractivity contribution in [2.45, 2.75) is 31.0 Å². The molecule has 1 aromatic carbocycles. The van der Waals surface area contributed by atoms with E-state index in [4.69, 9.17) is 4.74 Å². The first kappa shape index (κ1) is 13.6. The summed E-state index contributed by atoms with van der Waals surface area (Å²) in [4.78, 5) is 28.3. The predicted octanol–water partition coefficient (Wildman–Crippen LogP) is 0.494. The highest BCUT2D eigenvalue weighted by Gasteiger charge is 2.62. The number of carbonyl (C=O) groups excluding carboxylic acids is 2. The average molecular weight is 302 g/mol. The van der Waals surface area contributed by atoms with Gasteiger partial charge in [-0.1, -0.05) is 12.1 Å². The van der Waals surface area contributed by atoms with Crippen LogP contribution in [0.15, 0.2) is 24.3 Å². The number of rotatable bonds is 2. The van der Waals surface area contributed by atoms with E-state index in [9.17, 15) is 14.7 Å². The molecule has 2 atom stereocenters. The smallest absolute Gasteiger partial charge is 0.227 e. The van der Waals surface area contributed by atoms with Crippen molar-refractivity contribution in [2.24, 2.45) is 0 Å². The molecule has 3 heterocycles. The molecular formula is C16H18N2O4. The number of hydrogen-bond acceptors (Lipinski definition) is 4. The van der Waals surface area contributed by atoms with Crippen molar-refractivity contribution in [2.75, 3.05) is 19.7 Å². The van der Waals surface area contributed by atoms with Crippen LogP contribution in [-0.4, -0.2) is 58.2 Å². The number of carbonyl (C=O) groups is 2. The standard InChI is InChI=1S/C16H18N2O4/c19-12-3-1-2-11(8-12)9-14(20)17-5-4-16-13(17)10-15(21)18(16)6-7-22-16/h1-3,8,13,19H,4-7,9-10H2/t13-,16+/m1/s1. The van der Waals surface area contributed by atoms with Crippen LogP contribution in [0.4, 0.5) is 0 Å². The molecule has 0 unspecified atom stereocenters. The number of hydrogen-bond donors (Lipinski definition) is 1. The molecule has 0 aliphatic carbocycles. The molecule has 6 nitrogen and oxygen atoms in total. The second-order valence-electron chi connectivity index (χ2n) is 6.14. The van der Waals surface area contributed by atoms with E-state index in [2.05, 4.69) is 0 Å². The van der Waals surface area contributed by atoms with Crippen LogP contribution in [0, 0.1) is 0 Å². The SMILES string of the molecule is O=C(Cc1cccc(O)c1)N1CC[C@@]23OCCN2C(=O)C[C@@H]13. The lowest BCUT2D eigenvalue weighted by Gasteiger charge is -2.31. The van der Waals surface area contributed by atoms with Crippen LogP contribution in [0.3, 0.4) is 0 Å². The molecule has 1 spiro atoms. The molecule has 0 radical (unpaired) electrons. The minimum absolute atomic E-state index is 0.0161. The molecule has 1 aromatic rings. The summed E-state index contributed by atoms with van der Waals surface area (Å²) in [5, 5.41) is 9.50. The van der Waals surface area contributed by atoms with E-state index < -0.39 is 5.72 Å². The van der Waals surface area contributed by atoms with Gasteiger partial charge in [0.2, 0.25) is 11.8 Å². The van der Waals surface area contributed by atoms with Crippen molar-refractivity contribution in [3.05, 3.63) is 29.8 Å². The van der Waals surface area contributed by atoms with E-state index >= 15 is 0 Å². The van der Waals surface area contributed by atoms with Crippen molar-refractivity contribution in [3.8, 4) is 5.75 Å². The van der Waals surface area contributed by atoms with Gasteiger partial charge < -0.3 is 19.6 Å². The normalized spacial score (nSPS) is 29.8. The molecule has 4 rings (SSSR count). The highest BCUT2D eigenvalue weighted by Crippen LogP contribution is 2.45. The molecule has 22 heavy (non-hydrogen) atoms. The summed E-state index contributed by atoms with van der Waals surface area (Å²) >= 11 is 0. The highest BCUT2D eigenvalue weighted by atomic mass is 16.5. The zero-order chi connectivity index (χ0) is 15.3. The number of aromatic hydroxyl groups is 1. The van der Waals surface area contributed by atoms with Gasteiger partial charge in [0.1, 0.15) is 5.75 Å². The van der Waals surface area contributed by atoms with Crippen LogP contribution < -0.4 is 0 Å². The van der Waals surface area contributed by atoms with Crippen LogP contribution in [-0.2, 0) is 20.7 Å². The first-order valence-corrected chi connectivity index (χ1v) is 7.62. The van der Waals surface area contributed by atoms with Gasteiger partial charge in [-0.3, -0.25) is 9.59 Å². The van der Waals surface area contributed by atoms with Gasteiger partial charge in [0.15, 0.2) is 5.72 Å². The number of ether oxygens (including phenoxy) is 1. The molecule has 116 valence electrons. The van der Waals surface area contributed by atoms with E-state index in [0.717, 1.165) is 5.56 Å². The second kappa shape index (κ2) is 4.71. The summed E-state index contributed by atoms with van der Waals surface area (Å²) in [5.41, 5.74) is 0.199. The number of likely N-dealkylation sites (tertiary alicyclic amines) is 1. The second-order valence-corrected chi connectivity index (χ2v) is 6.14. The number of phenolic OH excluding ortho intramolecular Hbond substituents is 1. The Morgan fingerprint density at radius 1 is 1.41 bits per heavy atom. The lowest BCUT2D eigenvalue weighted by atomic mass is 10.1. The van der Waals surface area contributed by atoms with Crippen LogP contribution in [0.2, 0.25) is 0 Å². The van der Waals surface area contributed by atoms with Crippen molar-refractivity contribution >= 4 is 11.8 Å². The fourth-order valence-electron chi connectivity index (χ4n) is 4.03. The van der Waals surface area contributed by atoms with Gasteiger partial charge in [-0.25, -0.2) is 0 Å². The van der Waals surface area contributed by atoms with Gasteiger partial charge in [0.25, 0.3) is 0 Å². The molecule has 3 fully saturated rings. The minimum Gasteiger partial charge on any atom is -0.508 e. The molecule has 0 saturated carbocycles. The van der Waals surface area contributed by atoms with Gasteiger partial charge in [0.05, 0.1) is 25.5 Å². The molecule has 0 bridgehead atoms. The maximum atomic E-state index is 12.6. The van der Waals surface area contributed by atoms with Gasteiger partial charge >= 0.3 is 0 Å². The van der Waals surface area contributed by atoms with Crippen LogP contribution in [0.25, 0.3) is 0 Å². The molecule has 3 saturated heterocycles. The fraction of sp³-hybridized carbons (Fsp3) is 0.500. The van der Waals surface area contributed by atoms with Crippen molar-refractivity contribution in [1.29, 1.82) is 0 Å². The Hall–Kier alpha value is -2.08. The number of amides is 2. The summed E-state index contributed by atoms with van der Waals surface area (Å²) < 4.78 is 5.88. The largest absolute Gasteiger partial charge is 0.508 e. The average Bonchev–Trinajstić information content (AvgIpc) is 3.10. The van der Waals surface area contributed by atoms with Gasteiger partial charge in [-0.15, -0.1) is 0 Å². The van der Waals surface area contributed by atoms with E-state index in [-0.39, 0.29) is 30.0 Å². The number of phenols is 1.